The van der Waals surface area contributed by atoms with E-state index in [2.05, 4.69) is 147 Å². The number of unbranched alkanes of at least 4 members (excludes halogenated alkanes) is 3. The Morgan fingerprint density at radius 3 is 2.46 bits per heavy atom. The van der Waals surface area contributed by atoms with Crippen LogP contribution in [0.5, 0.6) is 0 Å². The molecule has 0 N–H and O–H groups in total. The molecule has 1 unspecified atom stereocenters. The Labute approximate surface area is 248 Å². The van der Waals surface area contributed by atoms with E-state index in [0.29, 0.717) is 5.92 Å². The summed E-state index contributed by atoms with van der Waals surface area (Å²) in [6.07, 6.45) is 19.7. The maximum Gasteiger partial charge on any atom is 0.209 e. The molecule has 0 radical (unpaired) electrons. The van der Waals surface area contributed by atoms with Crippen molar-refractivity contribution in [2.24, 2.45) is 7.05 Å². The monoisotopic (exact) mass is 546 g/mol. The molecule has 0 fully saturated rings. The fourth-order valence-corrected chi connectivity index (χ4v) is 6.90. The summed E-state index contributed by atoms with van der Waals surface area (Å²) in [7, 11) is 2.13. The van der Waals surface area contributed by atoms with E-state index >= 15 is 0 Å². The first-order valence-electron chi connectivity index (χ1n) is 15.7. The van der Waals surface area contributed by atoms with E-state index in [1.54, 1.807) is 0 Å². The highest BCUT2D eigenvalue weighted by Gasteiger charge is 2.44. The molecule has 0 bridgehead atoms. The van der Waals surface area contributed by atoms with Gasteiger partial charge in [-0.25, -0.2) is 0 Å². The van der Waals surface area contributed by atoms with Gasteiger partial charge in [0.15, 0.2) is 5.71 Å². The number of hydrogen-bond donors (Lipinski definition) is 0. The van der Waals surface area contributed by atoms with E-state index in [4.69, 9.17) is 0 Å². The molecule has 1 aromatic heterocycles. The lowest BCUT2D eigenvalue weighted by Crippen LogP contribution is -2.28. The van der Waals surface area contributed by atoms with Crippen LogP contribution < -0.4 is 4.90 Å². The summed E-state index contributed by atoms with van der Waals surface area (Å²) in [6.45, 7) is 13.7. The van der Waals surface area contributed by atoms with Crippen molar-refractivity contribution >= 4 is 17.1 Å². The number of para-hydroxylation sites is 1. The van der Waals surface area contributed by atoms with Crippen molar-refractivity contribution in [3.63, 3.8) is 0 Å². The molecule has 3 nitrogen and oxygen atoms in total. The molecular formula is C38H48N3+. The summed E-state index contributed by atoms with van der Waals surface area (Å²) in [5, 5.41) is 0. The van der Waals surface area contributed by atoms with Crippen LogP contribution in [0.4, 0.5) is 11.4 Å². The number of aryl methyl sites for hydroxylation is 1. The van der Waals surface area contributed by atoms with E-state index in [-0.39, 0.29) is 5.41 Å². The lowest BCUT2D eigenvalue weighted by molar-refractivity contribution is -0.438. The quantitative estimate of drug-likeness (QED) is 0.132. The van der Waals surface area contributed by atoms with Crippen molar-refractivity contribution in [1.82, 2.24) is 4.57 Å². The molecule has 0 saturated heterocycles. The highest BCUT2D eigenvalue weighted by atomic mass is 15.2. The van der Waals surface area contributed by atoms with Gasteiger partial charge in [0, 0.05) is 66.9 Å². The van der Waals surface area contributed by atoms with Crippen LogP contribution in [0, 0.1) is 0 Å². The average Bonchev–Trinajstić information content (AvgIpc) is 3.60. The Morgan fingerprint density at radius 1 is 0.902 bits per heavy atom. The number of nitrogens with zero attached hydrogens (tertiary/aromatic N) is 3. The molecular weight excluding hydrogens is 498 g/mol. The van der Waals surface area contributed by atoms with E-state index in [0.717, 1.165) is 19.5 Å². The van der Waals surface area contributed by atoms with Crippen molar-refractivity contribution < 1.29 is 4.58 Å². The largest absolute Gasteiger partial charge is 0.351 e. The van der Waals surface area contributed by atoms with Crippen LogP contribution in [-0.4, -0.2) is 27.9 Å². The van der Waals surface area contributed by atoms with Gasteiger partial charge in [0.2, 0.25) is 5.69 Å². The first-order valence-corrected chi connectivity index (χ1v) is 15.7. The molecule has 3 heterocycles. The normalized spacial score (nSPS) is 18.8. The van der Waals surface area contributed by atoms with Gasteiger partial charge in [-0.3, -0.25) is 0 Å². The van der Waals surface area contributed by atoms with Gasteiger partial charge >= 0.3 is 0 Å². The lowest BCUT2D eigenvalue weighted by Gasteiger charge is -2.20. The maximum absolute atomic E-state index is 2.59. The molecule has 1 atom stereocenters. The van der Waals surface area contributed by atoms with E-state index in [1.807, 2.05) is 0 Å². The second-order valence-corrected chi connectivity index (χ2v) is 12.1. The van der Waals surface area contributed by atoms with Crippen LogP contribution in [0.3, 0.4) is 0 Å². The van der Waals surface area contributed by atoms with Crippen molar-refractivity contribution in [2.75, 3.05) is 18.0 Å². The van der Waals surface area contributed by atoms with Crippen molar-refractivity contribution in [2.45, 2.75) is 78.1 Å². The number of aromatic nitrogens is 1. The predicted molar refractivity (Wildman–Crippen MR) is 177 cm³/mol. The molecule has 3 aromatic rings. The second-order valence-electron chi connectivity index (χ2n) is 12.1. The minimum absolute atomic E-state index is 0.0660. The Balaban J connectivity index is 1.43. The van der Waals surface area contributed by atoms with Crippen LogP contribution in [0.25, 0.3) is 11.3 Å². The van der Waals surface area contributed by atoms with E-state index in [9.17, 15) is 0 Å². The maximum atomic E-state index is 2.59. The topological polar surface area (TPSA) is 11.2 Å². The van der Waals surface area contributed by atoms with Crippen LogP contribution in [-0.2, 0) is 12.5 Å². The number of fused-ring (bicyclic) bond motifs is 2. The fraction of sp³-hybridized carbons (Fsp3) is 0.395. The summed E-state index contributed by atoms with van der Waals surface area (Å²) in [4.78, 5) is 2.48. The number of benzene rings is 2. The zero-order valence-corrected chi connectivity index (χ0v) is 26.0. The molecule has 41 heavy (non-hydrogen) atoms. The molecule has 0 aliphatic carbocycles. The highest BCUT2D eigenvalue weighted by Crippen LogP contribution is 2.45. The standard InChI is InChI=1S/C38H48N3/c1-7-10-11-17-27-41-36-25-24-29(33-22-18-26-39(33)6)28-32(36)38(4,5)37(41)23-14-12-13-20-34-30(8-2)31-19-15-16-21-35(31)40(34)9-3/h12-16,18-26,28,30H,7-11,17,27H2,1-6H3/q+1. The van der Waals surface area contributed by atoms with Gasteiger partial charge in [0.05, 0.1) is 5.41 Å². The van der Waals surface area contributed by atoms with Crippen molar-refractivity contribution in [3.8, 4) is 11.3 Å². The summed E-state index contributed by atoms with van der Waals surface area (Å²) >= 11 is 0. The molecule has 0 saturated carbocycles. The van der Waals surface area contributed by atoms with E-state index < -0.39 is 0 Å². The number of hydrogen-bond acceptors (Lipinski definition) is 1. The zero-order valence-electron chi connectivity index (χ0n) is 26.0. The van der Waals surface area contributed by atoms with Gasteiger partial charge in [-0.2, -0.15) is 4.58 Å². The summed E-state index contributed by atoms with van der Waals surface area (Å²) in [6, 6.07) is 20.3. The van der Waals surface area contributed by atoms with E-state index in [1.165, 1.54) is 70.9 Å². The summed E-state index contributed by atoms with van der Waals surface area (Å²) in [5.74, 6) is 0.467. The molecule has 5 rings (SSSR count). The number of allylic oxidation sites excluding steroid dienone is 6. The Kier molecular flexibility index (Phi) is 8.82. The molecule has 2 aromatic carbocycles. The smallest absolute Gasteiger partial charge is 0.209 e. The summed E-state index contributed by atoms with van der Waals surface area (Å²) in [5.41, 5.74) is 10.9. The average molecular weight is 547 g/mol. The predicted octanol–water partition coefficient (Wildman–Crippen LogP) is 9.68. The first-order chi connectivity index (χ1) is 19.9. The minimum Gasteiger partial charge on any atom is -0.351 e. The zero-order chi connectivity index (χ0) is 29.0. The van der Waals surface area contributed by atoms with Crippen LogP contribution in [0.15, 0.2) is 96.9 Å². The van der Waals surface area contributed by atoms with Crippen LogP contribution in [0.2, 0.25) is 0 Å². The van der Waals surface area contributed by atoms with Gasteiger partial charge in [0.25, 0.3) is 0 Å². The van der Waals surface area contributed by atoms with Gasteiger partial charge in [-0.05, 0) is 81.1 Å². The second kappa shape index (κ2) is 12.5. The molecule has 0 amide bonds. The third-order valence-electron chi connectivity index (χ3n) is 9.11. The van der Waals surface area contributed by atoms with Gasteiger partial charge < -0.3 is 9.47 Å². The number of likely N-dealkylation sites (N-methyl/N-ethyl adjacent to an activating group) is 1. The van der Waals surface area contributed by atoms with Gasteiger partial charge in [-0.1, -0.05) is 63.1 Å². The first kappa shape index (κ1) is 28.9. The highest BCUT2D eigenvalue weighted by molar-refractivity contribution is 6.03. The SMILES string of the molecule is CCCCCC[N+]1=C(/C=C/C=C/C=C2\C(CC)c3ccccc3N2CC)C(C)(C)c2cc(-c3cccn3C)ccc21. The summed E-state index contributed by atoms with van der Waals surface area (Å²) < 4.78 is 4.80. The van der Waals surface area contributed by atoms with Crippen molar-refractivity contribution in [1.29, 1.82) is 0 Å². The third kappa shape index (κ3) is 5.52. The molecule has 2 aliphatic rings. The Bertz CT molecular complexity index is 1460. The minimum atomic E-state index is -0.0660. The Morgan fingerprint density at radius 2 is 1.73 bits per heavy atom. The molecule has 3 heteroatoms. The Hall–Kier alpha value is -3.59. The van der Waals surface area contributed by atoms with Crippen molar-refractivity contribution in [3.05, 3.63) is 108 Å². The van der Waals surface area contributed by atoms with Crippen LogP contribution >= 0.6 is 0 Å². The fourth-order valence-electron chi connectivity index (χ4n) is 6.90. The van der Waals surface area contributed by atoms with Gasteiger partial charge in [-0.15, -0.1) is 0 Å². The number of rotatable bonds is 11. The molecule has 2 aliphatic heterocycles. The molecule has 214 valence electrons. The van der Waals surface area contributed by atoms with Crippen LogP contribution in [0.1, 0.15) is 83.8 Å². The lowest BCUT2D eigenvalue weighted by atomic mass is 9.80. The number of anilines is 1. The van der Waals surface area contributed by atoms with Gasteiger partial charge in [0.1, 0.15) is 6.54 Å². The third-order valence-corrected chi connectivity index (χ3v) is 9.11. The molecule has 0 spiro atoms.